The van der Waals surface area contributed by atoms with Gasteiger partial charge in [-0.1, -0.05) is 0 Å². The summed E-state index contributed by atoms with van der Waals surface area (Å²) in [5.74, 6) is 0.0642. The van der Waals surface area contributed by atoms with Gasteiger partial charge in [-0.2, -0.15) is 5.10 Å². The number of hydrogen-bond donors (Lipinski definition) is 0. The number of rotatable bonds is 2. The predicted molar refractivity (Wildman–Crippen MR) is 76.4 cm³/mol. The van der Waals surface area contributed by atoms with Crippen LogP contribution < -0.4 is 5.56 Å². The molecule has 0 bridgehead atoms. The molecule has 106 valence electrons. The fourth-order valence-electron chi connectivity index (χ4n) is 2.29. The Morgan fingerprint density at radius 2 is 2.00 bits per heavy atom. The standard InChI is InChI=1S/C15H13FN4O/c1-10-8-15(21)20(11(2)18-10)12-4-5-14(13(16)9-12)19-7-3-6-17-19/h3-9H,1-2H3. The molecule has 21 heavy (non-hydrogen) atoms. The van der Waals surface area contributed by atoms with Crippen molar-refractivity contribution in [1.29, 1.82) is 0 Å². The smallest absolute Gasteiger partial charge is 0.258 e. The predicted octanol–water partition coefficient (Wildman–Crippen LogP) is 2.17. The fraction of sp³-hybridized carbons (Fsp3) is 0.133. The molecule has 0 fully saturated rings. The Balaban J connectivity index is 2.14. The Labute approximate surface area is 120 Å². The van der Waals surface area contributed by atoms with E-state index in [9.17, 15) is 9.18 Å². The van der Waals surface area contributed by atoms with Crippen molar-refractivity contribution in [3.63, 3.8) is 0 Å². The van der Waals surface area contributed by atoms with Crippen molar-refractivity contribution in [3.05, 3.63) is 70.4 Å². The first-order valence-corrected chi connectivity index (χ1v) is 6.43. The van der Waals surface area contributed by atoms with E-state index in [0.29, 0.717) is 22.9 Å². The Morgan fingerprint density at radius 3 is 2.62 bits per heavy atom. The van der Waals surface area contributed by atoms with E-state index >= 15 is 0 Å². The van der Waals surface area contributed by atoms with Gasteiger partial charge in [0.1, 0.15) is 11.5 Å². The zero-order valence-corrected chi connectivity index (χ0v) is 11.6. The first-order chi connectivity index (χ1) is 10.1. The van der Waals surface area contributed by atoms with Crippen molar-refractivity contribution in [2.45, 2.75) is 13.8 Å². The monoisotopic (exact) mass is 284 g/mol. The largest absolute Gasteiger partial charge is 0.269 e. The Kier molecular flexibility index (Phi) is 3.13. The van der Waals surface area contributed by atoms with Crippen LogP contribution >= 0.6 is 0 Å². The molecule has 6 heteroatoms. The van der Waals surface area contributed by atoms with Gasteiger partial charge in [-0.25, -0.2) is 14.1 Å². The van der Waals surface area contributed by atoms with Crippen molar-refractivity contribution >= 4 is 0 Å². The molecular weight excluding hydrogens is 271 g/mol. The summed E-state index contributed by atoms with van der Waals surface area (Å²) in [6.45, 7) is 3.47. The van der Waals surface area contributed by atoms with Gasteiger partial charge >= 0.3 is 0 Å². The van der Waals surface area contributed by atoms with Gasteiger partial charge in [-0.05, 0) is 32.0 Å². The van der Waals surface area contributed by atoms with E-state index < -0.39 is 5.82 Å². The zero-order chi connectivity index (χ0) is 15.0. The lowest BCUT2D eigenvalue weighted by Gasteiger charge is -2.11. The van der Waals surface area contributed by atoms with Crippen LogP contribution in [0.3, 0.4) is 0 Å². The molecule has 0 unspecified atom stereocenters. The second-order valence-corrected chi connectivity index (χ2v) is 4.70. The third-order valence-corrected chi connectivity index (χ3v) is 3.16. The second-order valence-electron chi connectivity index (χ2n) is 4.70. The highest BCUT2D eigenvalue weighted by Crippen LogP contribution is 2.17. The number of halogens is 1. The van der Waals surface area contributed by atoms with Gasteiger partial charge in [0, 0.05) is 30.2 Å². The van der Waals surface area contributed by atoms with E-state index in [1.54, 1.807) is 44.4 Å². The summed E-state index contributed by atoms with van der Waals surface area (Å²) in [6, 6.07) is 7.70. The number of aromatic nitrogens is 4. The van der Waals surface area contributed by atoms with Gasteiger partial charge in [0.15, 0.2) is 5.82 Å². The van der Waals surface area contributed by atoms with E-state index in [0.717, 1.165) is 0 Å². The van der Waals surface area contributed by atoms with Crippen LogP contribution in [0.4, 0.5) is 4.39 Å². The van der Waals surface area contributed by atoms with Crippen LogP contribution in [-0.4, -0.2) is 19.3 Å². The topological polar surface area (TPSA) is 52.7 Å². The highest BCUT2D eigenvalue weighted by atomic mass is 19.1. The Hall–Kier alpha value is -2.76. The van der Waals surface area contributed by atoms with Crippen molar-refractivity contribution in [2.75, 3.05) is 0 Å². The zero-order valence-electron chi connectivity index (χ0n) is 11.6. The maximum atomic E-state index is 14.2. The molecule has 0 aliphatic heterocycles. The second kappa shape index (κ2) is 4.97. The average molecular weight is 284 g/mol. The highest BCUT2D eigenvalue weighted by molar-refractivity contribution is 5.43. The van der Waals surface area contributed by atoms with E-state index in [-0.39, 0.29) is 5.56 Å². The first-order valence-electron chi connectivity index (χ1n) is 6.43. The van der Waals surface area contributed by atoms with E-state index in [2.05, 4.69) is 10.1 Å². The molecule has 2 aromatic heterocycles. The molecular formula is C15H13FN4O. The molecule has 0 aliphatic rings. The van der Waals surface area contributed by atoms with Crippen LogP contribution in [0.15, 0.2) is 47.5 Å². The lowest BCUT2D eigenvalue weighted by Crippen LogP contribution is -2.22. The molecule has 3 rings (SSSR count). The highest BCUT2D eigenvalue weighted by Gasteiger charge is 2.10. The lowest BCUT2D eigenvalue weighted by atomic mass is 10.2. The third-order valence-electron chi connectivity index (χ3n) is 3.16. The van der Waals surface area contributed by atoms with E-state index in [1.165, 1.54) is 21.4 Å². The van der Waals surface area contributed by atoms with Gasteiger partial charge in [-0.15, -0.1) is 0 Å². The third kappa shape index (κ3) is 2.35. The molecule has 5 nitrogen and oxygen atoms in total. The SMILES string of the molecule is Cc1cc(=O)n(-c2ccc(-n3cccn3)c(F)c2)c(C)n1. The molecule has 0 atom stereocenters. The van der Waals surface area contributed by atoms with Crippen LogP contribution in [0.2, 0.25) is 0 Å². The van der Waals surface area contributed by atoms with Gasteiger partial charge in [0.05, 0.1) is 5.69 Å². The maximum Gasteiger partial charge on any atom is 0.258 e. The lowest BCUT2D eigenvalue weighted by molar-refractivity contribution is 0.609. The van der Waals surface area contributed by atoms with Gasteiger partial charge < -0.3 is 0 Å². The Bertz CT molecular complexity index is 853. The number of benzene rings is 1. The number of hydrogen-bond acceptors (Lipinski definition) is 3. The van der Waals surface area contributed by atoms with Crippen LogP contribution in [-0.2, 0) is 0 Å². The minimum absolute atomic E-state index is 0.230. The summed E-state index contributed by atoms with van der Waals surface area (Å²) in [6.07, 6.45) is 3.23. The molecule has 0 spiro atoms. The average Bonchev–Trinajstić information content (AvgIpc) is 2.91. The molecule has 0 N–H and O–H groups in total. The van der Waals surface area contributed by atoms with Crippen LogP contribution in [0.1, 0.15) is 11.5 Å². The summed E-state index contributed by atoms with van der Waals surface area (Å²) >= 11 is 0. The number of aryl methyl sites for hydroxylation is 2. The number of nitrogens with zero attached hydrogens (tertiary/aromatic N) is 4. The van der Waals surface area contributed by atoms with Crippen molar-refractivity contribution in [3.8, 4) is 11.4 Å². The molecule has 0 radical (unpaired) electrons. The molecule has 0 amide bonds. The van der Waals surface area contributed by atoms with Crippen LogP contribution in [0.5, 0.6) is 0 Å². The summed E-state index contributed by atoms with van der Waals surface area (Å²) in [5.41, 5.74) is 1.18. The molecule has 3 aromatic rings. The van der Waals surface area contributed by atoms with Crippen LogP contribution in [0, 0.1) is 19.7 Å². The van der Waals surface area contributed by atoms with Gasteiger partial charge in [0.25, 0.3) is 5.56 Å². The molecule has 2 heterocycles. The van der Waals surface area contributed by atoms with Crippen molar-refractivity contribution < 1.29 is 4.39 Å². The van der Waals surface area contributed by atoms with Crippen molar-refractivity contribution in [2.24, 2.45) is 0 Å². The molecule has 0 saturated carbocycles. The normalized spacial score (nSPS) is 10.8. The van der Waals surface area contributed by atoms with E-state index in [1.807, 2.05) is 0 Å². The van der Waals surface area contributed by atoms with Crippen LogP contribution in [0.25, 0.3) is 11.4 Å². The summed E-state index contributed by atoms with van der Waals surface area (Å²) in [4.78, 5) is 16.3. The minimum Gasteiger partial charge on any atom is -0.269 e. The van der Waals surface area contributed by atoms with E-state index in [4.69, 9.17) is 0 Å². The summed E-state index contributed by atoms with van der Waals surface area (Å²) < 4.78 is 17.1. The molecule has 0 saturated heterocycles. The Morgan fingerprint density at radius 1 is 1.19 bits per heavy atom. The maximum absolute atomic E-state index is 14.2. The molecule has 1 aromatic carbocycles. The molecule has 0 aliphatic carbocycles. The fourth-order valence-corrected chi connectivity index (χ4v) is 2.29. The first kappa shape index (κ1) is 13.2. The quantitative estimate of drug-likeness (QED) is 0.724. The summed E-state index contributed by atoms with van der Waals surface area (Å²) in [7, 11) is 0. The van der Waals surface area contributed by atoms with Gasteiger partial charge in [-0.3, -0.25) is 9.36 Å². The van der Waals surface area contributed by atoms with Crippen molar-refractivity contribution in [1.82, 2.24) is 19.3 Å². The minimum atomic E-state index is -0.455. The van der Waals surface area contributed by atoms with Gasteiger partial charge in [0.2, 0.25) is 0 Å². The summed E-state index contributed by atoms with van der Waals surface area (Å²) in [5, 5.41) is 3.99.